The topological polar surface area (TPSA) is 29.3 Å². The first kappa shape index (κ1) is 13.5. The lowest BCUT2D eigenvalue weighted by Gasteiger charge is -2.29. The zero-order chi connectivity index (χ0) is 12.3. The molecule has 1 fully saturated rings. The largest absolute Gasteiger partial charge is 0.328 e. The highest BCUT2D eigenvalue weighted by atomic mass is 79.9. The molecule has 1 aliphatic carbocycles. The van der Waals surface area contributed by atoms with E-state index in [4.69, 9.17) is 5.73 Å². The Morgan fingerprint density at radius 1 is 1.41 bits per heavy atom. The smallest absolute Gasteiger partial charge is 0.0701 e. The third-order valence-electron chi connectivity index (χ3n) is 3.54. The van der Waals surface area contributed by atoms with Crippen LogP contribution < -0.4 is 5.73 Å². The van der Waals surface area contributed by atoms with Crippen LogP contribution in [0.1, 0.15) is 31.2 Å². The highest BCUT2D eigenvalue weighted by Crippen LogP contribution is 2.25. The lowest BCUT2D eigenvalue weighted by molar-refractivity contribution is 0.219. The normalized spacial score (nSPS) is 25.4. The molecule has 0 amide bonds. The van der Waals surface area contributed by atoms with Crippen molar-refractivity contribution in [1.29, 1.82) is 0 Å². The summed E-state index contributed by atoms with van der Waals surface area (Å²) < 4.78 is 1.23. The predicted molar refractivity (Wildman–Crippen MR) is 78.3 cm³/mol. The highest BCUT2D eigenvalue weighted by Gasteiger charge is 2.19. The minimum Gasteiger partial charge on any atom is -0.328 e. The Bertz CT molecular complexity index is 345. The monoisotopic (exact) mass is 316 g/mol. The molecule has 4 heteroatoms. The van der Waals surface area contributed by atoms with Gasteiger partial charge in [-0.2, -0.15) is 0 Å². The summed E-state index contributed by atoms with van der Waals surface area (Å²) in [5, 5.41) is 2.23. The van der Waals surface area contributed by atoms with E-state index < -0.39 is 0 Å². The van der Waals surface area contributed by atoms with Gasteiger partial charge < -0.3 is 10.6 Å². The van der Waals surface area contributed by atoms with Gasteiger partial charge in [-0.1, -0.05) is 0 Å². The average molecular weight is 317 g/mol. The summed E-state index contributed by atoms with van der Waals surface area (Å²) in [6.07, 6.45) is 5.03. The Morgan fingerprint density at radius 2 is 2.12 bits per heavy atom. The van der Waals surface area contributed by atoms with Crippen LogP contribution in [0.15, 0.2) is 15.2 Å². The van der Waals surface area contributed by atoms with Crippen LogP contribution in [0.25, 0.3) is 0 Å². The molecule has 17 heavy (non-hydrogen) atoms. The molecule has 1 heterocycles. The maximum Gasteiger partial charge on any atom is 0.0701 e. The summed E-state index contributed by atoms with van der Waals surface area (Å²) in [4.78, 5) is 2.44. The van der Waals surface area contributed by atoms with Crippen LogP contribution in [0.2, 0.25) is 0 Å². The van der Waals surface area contributed by atoms with Gasteiger partial charge in [0.25, 0.3) is 0 Å². The number of thiophene rings is 1. The van der Waals surface area contributed by atoms with Crippen LogP contribution in [0.4, 0.5) is 0 Å². The quantitative estimate of drug-likeness (QED) is 0.921. The third-order valence-corrected chi connectivity index (χ3v) is 5.09. The van der Waals surface area contributed by atoms with E-state index >= 15 is 0 Å². The zero-order valence-electron chi connectivity index (χ0n) is 10.4. The second kappa shape index (κ2) is 6.32. The first-order valence-electron chi connectivity index (χ1n) is 6.30. The molecule has 0 aromatic carbocycles. The summed E-state index contributed by atoms with van der Waals surface area (Å²) in [5.74, 6) is 0.849. The fourth-order valence-electron chi connectivity index (χ4n) is 2.62. The Kier molecular flexibility index (Phi) is 5.03. The van der Waals surface area contributed by atoms with Crippen molar-refractivity contribution in [3.8, 4) is 0 Å². The summed E-state index contributed by atoms with van der Waals surface area (Å²) in [6, 6.07) is 2.68. The molecule has 1 aromatic rings. The van der Waals surface area contributed by atoms with Crippen LogP contribution in [0.3, 0.4) is 0 Å². The number of rotatable bonds is 4. The van der Waals surface area contributed by atoms with Crippen LogP contribution >= 0.6 is 27.3 Å². The lowest BCUT2D eigenvalue weighted by Crippen LogP contribution is -2.32. The molecule has 0 atom stereocenters. The fraction of sp³-hybridized carbons (Fsp3) is 0.692. The van der Waals surface area contributed by atoms with E-state index in [-0.39, 0.29) is 0 Å². The van der Waals surface area contributed by atoms with E-state index in [2.05, 4.69) is 39.3 Å². The van der Waals surface area contributed by atoms with Crippen molar-refractivity contribution in [2.75, 3.05) is 13.6 Å². The van der Waals surface area contributed by atoms with Crippen molar-refractivity contribution in [1.82, 2.24) is 4.90 Å². The first-order chi connectivity index (χ1) is 8.13. The van der Waals surface area contributed by atoms with Crippen molar-refractivity contribution in [3.05, 3.63) is 20.8 Å². The summed E-state index contributed by atoms with van der Waals surface area (Å²) in [6.45, 7) is 2.27. The second-order valence-electron chi connectivity index (χ2n) is 5.24. The van der Waals surface area contributed by atoms with E-state index in [1.165, 1.54) is 41.6 Å². The predicted octanol–water partition coefficient (Wildman–Crippen LogP) is 3.46. The minimum absolute atomic E-state index is 0.462. The highest BCUT2D eigenvalue weighted by molar-refractivity contribution is 9.11. The maximum absolute atomic E-state index is 5.94. The lowest BCUT2D eigenvalue weighted by atomic mass is 9.86. The molecular formula is C13H21BrN2S. The van der Waals surface area contributed by atoms with E-state index in [0.29, 0.717) is 6.04 Å². The number of hydrogen-bond donors (Lipinski definition) is 1. The summed E-state index contributed by atoms with van der Waals surface area (Å²) in [7, 11) is 2.22. The maximum atomic E-state index is 5.94. The molecule has 0 aliphatic heterocycles. The first-order valence-corrected chi connectivity index (χ1v) is 7.98. The van der Waals surface area contributed by atoms with Gasteiger partial charge in [0.05, 0.1) is 3.79 Å². The van der Waals surface area contributed by atoms with E-state index in [1.807, 2.05) is 0 Å². The van der Waals surface area contributed by atoms with Crippen LogP contribution in [0.5, 0.6) is 0 Å². The third kappa shape index (κ3) is 4.36. The van der Waals surface area contributed by atoms with Crippen LogP contribution in [-0.4, -0.2) is 24.5 Å². The molecular weight excluding hydrogens is 296 g/mol. The molecule has 0 spiro atoms. The average Bonchev–Trinajstić information content (AvgIpc) is 2.67. The van der Waals surface area contributed by atoms with Crippen molar-refractivity contribution < 1.29 is 0 Å². The molecule has 0 bridgehead atoms. The van der Waals surface area contributed by atoms with Gasteiger partial charge >= 0.3 is 0 Å². The molecule has 1 saturated carbocycles. The van der Waals surface area contributed by atoms with Gasteiger partial charge in [0, 0.05) is 19.1 Å². The Balaban J connectivity index is 1.75. The molecule has 96 valence electrons. The van der Waals surface area contributed by atoms with Gasteiger partial charge in [-0.3, -0.25) is 0 Å². The molecule has 2 nitrogen and oxygen atoms in total. The Hall–Kier alpha value is 0.1000. The number of halogens is 1. The van der Waals surface area contributed by atoms with Crippen molar-refractivity contribution >= 4 is 27.3 Å². The van der Waals surface area contributed by atoms with Gasteiger partial charge in [0.2, 0.25) is 0 Å². The minimum atomic E-state index is 0.462. The van der Waals surface area contributed by atoms with Gasteiger partial charge in [-0.25, -0.2) is 0 Å². The Morgan fingerprint density at radius 3 is 2.71 bits per heavy atom. The summed E-state index contributed by atoms with van der Waals surface area (Å²) >= 11 is 5.28. The molecule has 2 N–H and O–H groups in total. The van der Waals surface area contributed by atoms with Crippen molar-refractivity contribution in [3.63, 3.8) is 0 Å². The standard InChI is InChI=1S/C13H21BrN2S/c1-16(8-11-6-13(14)17-9-11)7-10-2-4-12(15)5-3-10/h6,9-10,12H,2-5,7-8,15H2,1H3. The molecule has 0 unspecified atom stereocenters. The molecule has 1 aliphatic rings. The molecule has 2 rings (SSSR count). The van der Waals surface area contributed by atoms with E-state index in [9.17, 15) is 0 Å². The summed E-state index contributed by atoms with van der Waals surface area (Å²) in [5.41, 5.74) is 7.35. The number of nitrogens with zero attached hydrogens (tertiary/aromatic N) is 1. The number of hydrogen-bond acceptors (Lipinski definition) is 3. The van der Waals surface area contributed by atoms with Gasteiger partial charge in [-0.15, -0.1) is 11.3 Å². The molecule has 0 saturated heterocycles. The molecule has 1 aromatic heterocycles. The zero-order valence-corrected chi connectivity index (χ0v) is 12.8. The van der Waals surface area contributed by atoms with Crippen LogP contribution in [-0.2, 0) is 6.54 Å². The van der Waals surface area contributed by atoms with Gasteiger partial charge in [0.1, 0.15) is 0 Å². The van der Waals surface area contributed by atoms with Crippen molar-refractivity contribution in [2.24, 2.45) is 11.7 Å². The van der Waals surface area contributed by atoms with Crippen LogP contribution in [0, 0.1) is 5.92 Å². The Labute approximate surface area is 116 Å². The second-order valence-corrected chi connectivity index (χ2v) is 7.53. The van der Waals surface area contributed by atoms with Crippen molar-refractivity contribution in [2.45, 2.75) is 38.3 Å². The van der Waals surface area contributed by atoms with E-state index in [0.717, 1.165) is 12.5 Å². The fourth-order valence-corrected chi connectivity index (χ4v) is 3.82. The van der Waals surface area contributed by atoms with Gasteiger partial charge in [-0.05, 0) is 71.6 Å². The van der Waals surface area contributed by atoms with Gasteiger partial charge in [0.15, 0.2) is 0 Å². The van der Waals surface area contributed by atoms with E-state index in [1.54, 1.807) is 11.3 Å². The SMILES string of the molecule is CN(Cc1csc(Br)c1)CC1CCC(N)CC1. The molecule has 0 radical (unpaired) electrons. The number of nitrogens with two attached hydrogens (primary N) is 1.